The standard InChI is InChI=1S/C19H17NO2S/c21-19(13-12-15-7-2-1-3-8-15)22-20-17-10-6-14-23-18-11-5-4-9-16(17)18/h1-5,7-9,11-13H,6,10,14H2/b13-12+,20-17-. The van der Waals surface area contributed by atoms with E-state index in [-0.39, 0.29) is 0 Å². The van der Waals surface area contributed by atoms with Crippen LogP contribution in [-0.4, -0.2) is 17.4 Å². The third-order valence-corrected chi connectivity index (χ3v) is 4.63. The van der Waals surface area contributed by atoms with Gasteiger partial charge in [-0.1, -0.05) is 53.7 Å². The summed E-state index contributed by atoms with van der Waals surface area (Å²) in [5.41, 5.74) is 2.86. The minimum absolute atomic E-state index is 0.462. The van der Waals surface area contributed by atoms with Gasteiger partial charge in [0, 0.05) is 16.5 Å². The minimum atomic E-state index is -0.462. The van der Waals surface area contributed by atoms with Crippen LogP contribution in [0.15, 0.2) is 70.7 Å². The maximum absolute atomic E-state index is 11.8. The van der Waals surface area contributed by atoms with Crippen LogP contribution in [0.1, 0.15) is 24.0 Å². The molecule has 0 aromatic heterocycles. The van der Waals surface area contributed by atoms with Gasteiger partial charge in [0.1, 0.15) is 0 Å². The van der Waals surface area contributed by atoms with Gasteiger partial charge in [-0.3, -0.25) is 0 Å². The van der Waals surface area contributed by atoms with Gasteiger partial charge in [-0.05, 0) is 36.3 Å². The molecule has 1 aliphatic heterocycles. The molecule has 23 heavy (non-hydrogen) atoms. The third-order valence-electron chi connectivity index (χ3n) is 3.47. The lowest BCUT2D eigenvalue weighted by Crippen LogP contribution is -2.04. The van der Waals surface area contributed by atoms with Crippen molar-refractivity contribution < 1.29 is 9.63 Å². The molecule has 0 aliphatic carbocycles. The molecule has 4 heteroatoms. The van der Waals surface area contributed by atoms with Crippen LogP contribution in [0.25, 0.3) is 6.08 Å². The van der Waals surface area contributed by atoms with E-state index in [0.717, 1.165) is 35.4 Å². The minimum Gasteiger partial charge on any atom is -0.313 e. The Hall–Kier alpha value is -2.33. The van der Waals surface area contributed by atoms with Crippen LogP contribution in [-0.2, 0) is 9.63 Å². The molecule has 116 valence electrons. The van der Waals surface area contributed by atoms with Crippen LogP contribution in [0.3, 0.4) is 0 Å². The Morgan fingerprint density at radius 2 is 1.87 bits per heavy atom. The maximum Gasteiger partial charge on any atom is 0.358 e. The summed E-state index contributed by atoms with van der Waals surface area (Å²) in [5, 5.41) is 4.10. The molecule has 0 bridgehead atoms. The lowest BCUT2D eigenvalue weighted by Gasteiger charge is -2.05. The fourth-order valence-electron chi connectivity index (χ4n) is 2.34. The van der Waals surface area contributed by atoms with Crippen molar-refractivity contribution >= 4 is 29.5 Å². The smallest absolute Gasteiger partial charge is 0.313 e. The van der Waals surface area contributed by atoms with Crippen molar-refractivity contribution in [2.24, 2.45) is 5.16 Å². The van der Waals surface area contributed by atoms with E-state index in [9.17, 15) is 4.79 Å². The fraction of sp³-hybridized carbons (Fsp3) is 0.158. The van der Waals surface area contributed by atoms with Gasteiger partial charge in [-0.2, -0.15) is 0 Å². The highest BCUT2D eigenvalue weighted by Crippen LogP contribution is 2.29. The summed E-state index contributed by atoms with van der Waals surface area (Å²) in [6.45, 7) is 0. The Kier molecular flexibility index (Phi) is 5.27. The number of rotatable bonds is 3. The number of thioether (sulfide) groups is 1. The second-order valence-corrected chi connectivity index (χ2v) is 6.28. The van der Waals surface area contributed by atoms with E-state index < -0.39 is 5.97 Å². The van der Waals surface area contributed by atoms with Crippen molar-refractivity contribution in [1.82, 2.24) is 0 Å². The number of hydrogen-bond acceptors (Lipinski definition) is 4. The first-order valence-corrected chi connectivity index (χ1v) is 8.55. The Morgan fingerprint density at radius 3 is 2.74 bits per heavy atom. The summed E-state index contributed by atoms with van der Waals surface area (Å²) in [6.07, 6.45) is 4.96. The van der Waals surface area contributed by atoms with E-state index in [2.05, 4.69) is 11.2 Å². The highest BCUT2D eigenvalue weighted by atomic mass is 32.2. The number of hydrogen-bond donors (Lipinski definition) is 0. The Morgan fingerprint density at radius 1 is 1.09 bits per heavy atom. The van der Waals surface area contributed by atoms with Crippen LogP contribution in [0.2, 0.25) is 0 Å². The highest BCUT2D eigenvalue weighted by molar-refractivity contribution is 7.99. The van der Waals surface area contributed by atoms with E-state index >= 15 is 0 Å². The van der Waals surface area contributed by atoms with Crippen molar-refractivity contribution in [2.75, 3.05) is 5.75 Å². The van der Waals surface area contributed by atoms with Gasteiger partial charge in [-0.15, -0.1) is 11.8 Å². The quantitative estimate of drug-likeness (QED) is 0.473. The molecule has 1 aliphatic rings. The Labute approximate surface area is 140 Å². The molecule has 0 N–H and O–H groups in total. The summed E-state index contributed by atoms with van der Waals surface area (Å²) in [7, 11) is 0. The summed E-state index contributed by atoms with van der Waals surface area (Å²) in [4.78, 5) is 18.1. The van der Waals surface area contributed by atoms with Crippen LogP contribution >= 0.6 is 11.8 Å². The zero-order valence-electron chi connectivity index (χ0n) is 12.6. The van der Waals surface area contributed by atoms with E-state index in [1.165, 1.54) is 11.0 Å². The second-order valence-electron chi connectivity index (χ2n) is 5.14. The number of carbonyl (C=O) groups is 1. The van der Waals surface area contributed by atoms with Gasteiger partial charge >= 0.3 is 5.97 Å². The molecular formula is C19H17NO2S. The van der Waals surface area contributed by atoms with Crippen molar-refractivity contribution in [2.45, 2.75) is 17.7 Å². The molecule has 2 aromatic rings. The third kappa shape index (κ3) is 4.33. The van der Waals surface area contributed by atoms with Gasteiger partial charge in [0.25, 0.3) is 0 Å². The van der Waals surface area contributed by atoms with E-state index in [1.54, 1.807) is 6.08 Å². The zero-order chi connectivity index (χ0) is 15.9. The summed E-state index contributed by atoms with van der Waals surface area (Å²) >= 11 is 1.82. The molecule has 1 heterocycles. The normalized spacial score (nSPS) is 16.1. The van der Waals surface area contributed by atoms with E-state index in [1.807, 2.05) is 60.3 Å². The first kappa shape index (κ1) is 15.6. The predicted molar refractivity (Wildman–Crippen MR) is 94.5 cm³/mol. The molecule has 0 radical (unpaired) electrons. The molecule has 2 aromatic carbocycles. The summed E-state index contributed by atoms with van der Waals surface area (Å²) in [5.74, 6) is 0.591. The van der Waals surface area contributed by atoms with Crippen molar-refractivity contribution in [3.8, 4) is 0 Å². The van der Waals surface area contributed by atoms with Crippen LogP contribution in [0, 0.1) is 0 Å². The molecule has 3 nitrogen and oxygen atoms in total. The van der Waals surface area contributed by atoms with Crippen LogP contribution in [0.4, 0.5) is 0 Å². The largest absolute Gasteiger partial charge is 0.358 e. The van der Waals surface area contributed by atoms with Gasteiger partial charge in [-0.25, -0.2) is 4.79 Å². The molecular weight excluding hydrogens is 306 g/mol. The monoisotopic (exact) mass is 323 g/mol. The molecule has 0 atom stereocenters. The van der Waals surface area contributed by atoms with E-state index in [0.29, 0.717) is 0 Å². The molecule has 3 rings (SSSR count). The first-order chi connectivity index (χ1) is 11.3. The number of nitrogens with zero attached hydrogens (tertiary/aromatic N) is 1. The Bertz CT molecular complexity index is 738. The predicted octanol–water partition coefficient (Wildman–Crippen LogP) is 4.53. The molecule has 0 fully saturated rings. The van der Waals surface area contributed by atoms with Gasteiger partial charge in [0.05, 0.1) is 5.71 Å². The lowest BCUT2D eigenvalue weighted by molar-refractivity contribution is -0.137. The molecule has 0 unspecified atom stereocenters. The number of benzene rings is 2. The Balaban J connectivity index is 1.70. The maximum atomic E-state index is 11.8. The van der Waals surface area contributed by atoms with E-state index in [4.69, 9.17) is 4.84 Å². The number of fused-ring (bicyclic) bond motifs is 1. The van der Waals surface area contributed by atoms with Crippen LogP contribution < -0.4 is 0 Å². The topological polar surface area (TPSA) is 38.7 Å². The fourth-order valence-corrected chi connectivity index (χ4v) is 3.37. The van der Waals surface area contributed by atoms with Crippen molar-refractivity contribution in [3.63, 3.8) is 0 Å². The van der Waals surface area contributed by atoms with Crippen LogP contribution in [0.5, 0.6) is 0 Å². The molecule has 0 amide bonds. The molecule has 0 spiro atoms. The average molecular weight is 323 g/mol. The summed E-state index contributed by atoms with van der Waals surface area (Å²) in [6, 6.07) is 17.7. The molecule has 0 saturated carbocycles. The summed E-state index contributed by atoms with van der Waals surface area (Å²) < 4.78 is 0. The number of oxime groups is 1. The lowest BCUT2D eigenvalue weighted by atomic mass is 10.1. The van der Waals surface area contributed by atoms with Crippen molar-refractivity contribution in [3.05, 3.63) is 71.8 Å². The average Bonchev–Trinajstić information content (AvgIpc) is 2.81. The molecule has 0 saturated heterocycles. The highest BCUT2D eigenvalue weighted by Gasteiger charge is 2.14. The van der Waals surface area contributed by atoms with Gasteiger partial charge < -0.3 is 4.84 Å². The number of carbonyl (C=O) groups excluding carboxylic acids is 1. The first-order valence-electron chi connectivity index (χ1n) is 7.56. The van der Waals surface area contributed by atoms with Gasteiger partial charge in [0.2, 0.25) is 0 Å². The SMILES string of the molecule is O=C(/C=C/c1ccccc1)O/N=C1/CCCSc2ccccc21. The van der Waals surface area contributed by atoms with Gasteiger partial charge in [0.15, 0.2) is 0 Å². The zero-order valence-corrected chi connectivity index (χ0v) is 13.5. The second kappa shape index (κ2) is 7.79. The van der Waals surface area contributed by atoms with Crippen molar-refractivity contribution in [1.29, 1.82) is 0 Å².